The van der Waals surface area contributed by atoms with E-state index in [0.29, 0.717) is 35.0 Å². The molecule has 0 aliphatic rings. The average molecular weight is 222 g/mol. The average Bonchev–Trinajstić information content (AvgIpc) is 2.12. The predicted molar refractivity (Wildman–Crippen MR) is 53.8 cm³/mol. The fourth-order valence-corrected chi connectivity index (χ4v) is 1.50. The van der Waals surface area contributed by atoms with Gasteiger partial charge in [-0.05, 0) is 31.5 Å². The van der Waals surface area contributed by atoms with Crippen molar-refractivity contribution in [1.82, 2.24) is 0 Å². The van der Waals surface area contributed by atoms with Gasteiger partial charge in [-0.2, -0.15) is 0 Å². The van der Waals surface area contributed by atoms with Crippen LogP contribution < -0.4 is 5.73 Å². The second-order valence-corrected chi connectivity index (χ2v) is 3.50. The third kappa shape index (κ3) is 2.56. The summed E-state index contributed by atoms with van der Waals surface area (Å²) in [6, 6.07) is 2.77. The fraction of sp³-hybridized carbons (Fsp3) is 0.333. The van der Waals surface area contributed by atoms with Crippen LogP contribution in [0.15, 0.2) is 12.1 Å². The van der Waals surface area contributed by atoms with Crippen LogP contribution in [0.3, 0.4) is 0 Å². The first-order valence-electron chi connectivity index (χ1n) is 3.99. The minimum Gasteiger partial charge on any atom is -0.330 e. The normalized spacial score (nSPS) is 10.5. The van der Waals surface area contributed by atoms with E-state index in [1.807, 2.05) is 0 Å². The molecule has 1 rings (SSSR count). The zero-order valence-electron chi connectivity index (χ0n) is 6.99. The highest BCUT2D eigenvalue weighted by Gasteiger charge is 2.09. The summed E-state index contributed by atoms with van der Waals surface area (Å²) in [6.45, 7) is 0.516. The lowest BCUT2D eigenvalue weighted by Crippen LogP contribution is -2.02. The molecule has 0 aliphatic heterocycles. The molecule has 0 saturated carbocycles. The van der Waals surface area contributed by atoms with Crippen LogP contribution >= 0.6 is 23.2 Å². The van der Waals surface area contributed by atoms with E-state index in [4.69, 9.17) is 28.9 Å². The van der Waals surface area contributed by atoms with Gasteiger partial charge < -0.3 is 5.73 Å². The first kappa shape index (κ1) is 10.8. The van der Waals surface area contributed by atoms with Crippen molar-refractivity contribution in [2.75, 3.05) is 6.54 Å². The van der Waals surface area contributed by atoms with E-state index in [0.717, 1.165) is 0 Å². The molecular formula is C9H10Cl2FN. The monoisotopic (exact) mass is 221 g/mol. The van der Waals surface area contributed by atoms with Gasteiger partial charge in [0, 0.05) is 5.56 Å². The Morgan fingerprint density at radius 3 is 2.62 bits per heavy atom. The Labute approximate surface area is 86.6 Å². The van der Waals surface area contributed by atoms with Crippen LogP contribution in [0.4, 0.5) is 4.39 Å². The van der Waals surface area contributed by atoms with Crippen LogP contribution in [0, 0.1) is 5.82 Å². The van der Waals surface area contributed by atoms with Crippen molar-refractivity contribution < 1.29 is 4.39 Å². The van der Waals surface area contributed by atoms with Crippen LogP contribution in [-0.4, -0.2) is 6.54 Å². The van der Waals surface area contributed by atoms with Gasteiger partial charge in [-0.1, -0.05) is 23.2 Å². The molecule has 2 N–H and O–H groups in total. The molecule has 0 fully saturated rings. The molecule has 0 radical (unpaired) electrons. The molecule has 0 aliphatic carbocycles. The van der Waals surface area contributed by atoms with Crippen molar-refractivity contribution in [3.05, 3.63) is 33.6 Å². The zero-order valence-corrected chi connectivity index (χ0v) is 8.50. The highest BCUT2D eigenvalue weighted by atomic mass is 35.5. The van der Waals surface area contributed by atoms with Gasteiger partial charge >= 0.3 is 0 Å². The Morgan fingerprint density at radius 1 is 1.31 bits per heavy atom. The number of rotatable bonds is 3. The number of nitrogens with two attached hydrogens (primary N) is 1. The lowest BCUT2D eigenvalue weighted by molar-refractivity contribution is 0.605. The Morgan fingerprint density at radius 2 is 2.00 bits per heavy atom. The topological polar surface area (TPSA) is 26.0 Å². The predicted octanol–water partition coefficient (Wildman–Crippen LogP) is 3.02. The molecule has 4 heteroatoms. The van der Waals surface area contributed by atoms with Crippen LogP contribution in [0.25, 0.3) is 0 Å². The van der Waals surface area contributed by atoms with E-state index in [1.54, 1.807) is 0 Å². The van der Waals surface area contributed by atoms with E-state index in [-0.39, 0.29) is 5.82 Å². The standard InChI is InChI=1S/C9H10Cl2FN/c10-7-3-4-8(12)6(9(7)11)2-1-5-13/h3-4H,1-2,5,13H2. The van der Waals surface area contributed by atoms with Crippen molar-refractivity contribution in [2.45, 2.75) is 12.8 Å². The maximum absolute atomic E-state index is 13.2. The lowest BCUT2D eigenvalue weighted by atomic mass is 10.1. The molecule has 0 unspecified atom stereocenters. The highest BCUT2D eigenvalue weighted by molar-refractivity contribution is 6.42. The van der Waals surface area contributed by atoms with Crippen LogP contribution in [0.2, 0.25) is 10.0 Å². The van der Waals surface area contributed by atoms with Crippen molar-refractivity contribution in [3.63, 3.8) is 0 Å². The third-order valence-corrected chi connectivity index (χ3v) is 2.61. The first-order chi connectivity index (χ1) is 6.16. The lowest BCUT2D eigenvalue weighted by Gasteiger charge is -2.05. The molecule has 1 aromatic carbocycles. The molecule has 0 atom stereocenters. The van der Waals surface area contributed by atoms with Gasteiger partial charge in [-0.25, -0.2) is 4.39 Å². The number of hydrogen-bond acceptors (Lipinski definition) is 1. The largest absolute Gasteiger partial charge is 0.330 e. The van der Waals surface area contributed by atoms with Gasteiger partial charge in [0.1, 0.15) is 5.82 Å². The van der Waals surface area contributed by atoms with Crippen molar-refractivity contribution in [2.24, 2.45) is 5.73 Å². The minimum atomic E-state index is -0.317. The molecule has 0 aromatic heterocycles. The Bertz CT molecular complexity index is 302. The van der Waals surface area contributed by atoms with Gasteiger partial charge in [0.15, 0.2) is 0 Å². The van der Waals surface area contributed by atoms with E-state index >= 15 is 0 Å². The number of hydrogen-bond donors (Lipinski definition) is 1. The zero-order chi connectivity index (χ0) is 9.84. The van der Waals surface area contributed by atoms with Gasteiger partial charge in [0.05, 0.1) is 10.0 Å². The number of halogens is 3. The molecule has 1 nitrogen and oxygen atoms in total. The van der Waals surface area contributed by atoms with Crippen LogP contribution in [0.5, 0.6) is 0 Å². The van der Waals surface area contributed by atoms with Crippen molar-refractivity contribution in [3.8, 4) is 0 Å². The second kappa shape index (κ2) is 4.80. The highest BCUT2D eigenvalue weighted by Crippen LogP contribution is 2.28. The summed E-state index contributed by atoms with van der Waals surface area (Å²) in [5.41, 5.74) is 5.77. The summed E-state index contributed by atoms with van der Waals surface area (Å²) in [7, 11) is 0. The molecular weight excluding hydrogens is 212 g/mol. The SMILES string of the molecule is NCCCc1c(F)ccc(Cl)c1Cl. The van der Waals surface area contributed by atoms with E-state index < -0.39 is 0 Å². The van der Waals surface area contributed by atoms with Crippen molar-refractivity contribution >= 4 is 23.2 Å². The summed E-state index contributed by atoms with van der Waals surface area (Å²) < 4.78 is 13.2. The molecule has 72 valence electrons. The Kier molecular flexibility index (Phi) is 3.97. The maximum atomic E-state index is 13.2. The van der Waals surface area contributed by atoms with E-state index in [2.05, 4.69) is 0 Å². The van der Waals surface area contributed by atoms with Gasteiger partial charge in [0.2, 0.25) is 0 Å². The summed E-state index contributed by atoms with van der Waals surface area (Å²) in [4.78, 5) is 0. The smallest absolute Gasteiger partial charge is 0.127 e. The van der Waals surface area contributed by atoms with Gasteiger partial charge in [0.25, 0.3) is 0 Å². The van der Waals surface area contributed by atoms with E-state index in [9.17, 15) is 4.39 Å². The van der Waals surface area contributed by atoms with Gasteiger partial charge in [-0.15, -0.1) is 0 Å². The molecule has 13 heavy (non-hydrogen) atoms. The second-order valence-electron chi connectivity index (χ2n) is 2.71. The fourth-order valence-electron chi connectivity index (χ4n) is 1.08. The Balaban J connectivity index is 2.96. The molecule has 0 heterocycles. The first-order valence-corrected chi connectivity index (χ1v) is 4.75. The summed E-state index contributed by atoms with van der Waals surface area (Å²) in [5.74, 6) is -0.317. The van der Waals surface area contributed by atoms with E-state index in [1.165, 1.54) is 12.1 Å². The van der Waals surface area contributed by atoms with Crippen molar-refractivity contribution in [1.29, 1.82) is 0 Å². The molecule has 0 bridgehead atoms. The molecule has 0 amide bonds. The summed E-state index contributed by atoms with van der Waals surface area (Å²) in [5, 5.41) is 0.685. The molecule has 0 saturated heterocycles. The summed E-state index contributed by atoms with van der Waals surface area (Å²) >= 11 is 11.6. The molecule has 0 spiro atoms. The maximum Gasteiger partial charge on any atom is 0.127 e. The van der Waals surface area contributed by atoms with Crippen LogP contribution in [0.1, 0.15) is 12.0 Å². The number of benzene rings is 1. The minimum absolute atomic E-state index is 0.301. The summed E-state index contributed by atoms with van der Waals surface area (Å²) in [6.07, 6.45) is 1.23. The molecule has 1 aromatic rings. The Hall–Kier alpha value is -0.310. The quantitative estimate of drug-likeness (QED) is 0.781. The van der Waals surface area contributed by atoms with Gasteiger partial charge in [-0.3, -0.25) is 0 Å². The van der Waals surface area contributed by atoms with Crippen LogP contribution in [-0.2, 0) is 6.42 Å². The third-order valence-electron chi connectivity index (χ3n) is 1.77.